The average molecular weight is 195 g/mol. The third-order valence-corrected chi connectivity index (χ3v) is 1.77. The number of hydrogen-bond donors (Lipinski definition) is 0. The van der Waals surface area contributed by atoms with Gasteiger partial charge in [0.15, 0.2) is 0 Å². The van der Waals surface area contributed by atoms with Gasteiger partial charge in [0.25, 0.3) is 6.47 Å². The lowest BCUT2D eigenvalue weighted by Gasteiger charge is -2.04. The van der Waals surface area contributed by atoms with Crippen LogP contribution in [0, 0.1) is 24.0 Å². The Bertz CT molecular complexity index is 387. The van der Waals surface area contributed by atoms with E-state index in [9.17, 15) is 14.9 Å². The first-order chi connectivity index (χ1) is 6.56. The van der Waals surface area contributed by atoms with Crippen LogP contribution in [0.25, 0.3) is 0 Å². The Morgan fingerprint density at radius 2 is 2.07 bits per heavy atom. The van der Waals surface area contributed by atoms with E-state index in [0.717, 1.165) is 5.56 Å². The summed E-state index contributed by atoms with van der Waals surface area (Å²) >= 11 is 0. The van der Waals surface area contributed by atoms with Gasteiger partial charge in [-0.2, -0.15) is 0 Å². The smallest absolute Gasteiger partial charge is 0.314 e. The molecule has 1 rings (SSSR count). The highest BCUT2D eigenvalue weighted by Crippen LogP contribution is 2.31. The molecule has 0 spiro atoms. The van der Waals surface area contributed by atoms with Gasteiger partial charge in [-0.05, 0) is 31.5 Å². The number of carbonyl (C=O) groups excluding carboxylic acids is 1. The third kappa shape index (κ3) is 1.87. The normalized spacial score (nSPS) is 9.57. The minimum absolute atomic E-state index is 0.0116. The summed E-state index contributed by atoms with van der Waals surface area (Å²) in [6.07, 6.45) is 0. The molecule has 0 atom stereocenters. The van der Waals surface area contributed by atoms with E-state index in [1.807, 2.05) is 0 Å². The highest BCUT2D eigenvalue weighted by molar-refractivity contribution is 5.59. The minimum Gasteiger partial charge on any atom is -0.421 e. The predicted octanol–water partition coefficient (Wildman–Crippen LogP) is 1.75. The van der Waals surface area contributed by atoms with Gasteiger partial charge in [-0.1, -0.05) is 0 Å². The molecule has 0 aliphatic heterocycles. The van der Waals surface area contributed by atoms with Crippen molar-refractivity contribution in [2.75, 3.05) is 0 Å². The van der Waals surface area contributed by atoms with E-state index in [0.29, 0.717) is 5.56 Å². The monoisotopic (exact) mass is 195 g/mol. The summed E-state index contributed by atoms with van der Waals surface area (Å²) in [4.78, 5) is 20.2. The van der Waals surface area contributed by atoms with Gasteiger partial charge in [0, 0.05) is 5.56 Å². The minimum atomic E-state index is -0.562. The van der Waals surface area contributed by atoms with E-state index in [4.69, 9.17) is 0 Å². The van der Waals surface area contributed by atoms with E-state index in [1.165, 1.54) is 6.07 Å². The summed E-state index contributed by atoms with van der Waals surface area (Å²) < 4.78 is 4.54. The standard InChI is InChI=1S/C9H9NO4/c1-6-3-7(2)9(10(12)13)8(4-6)14-5-11/h3-5H,1-2H3. The van der Waals surface area contributed by atoms with Gasteiger partial charge < -0.3 is 4.74 Å². The summed E-state index contributed by atoms with van der Waals surface area (Å²) in [6.45, 7) is 3.55. The molecule has 0 N–H and O–H groups in total. The van der Waals surface area contributed by atoms with Crippen LogP contribution >= 0.6 is 0 Å². The van der Waals surface area contributed by atoms with E-state index in [-0.39, 0.29) is 17.9 Å². The van der Waals surface area contributed by atoms with Crippen LogP contribution in [0.15, 0.2) is 12.1 Å². The molecule has 0 radical (unpaired) electrons. The summed E-state index contributed by atoms with van der Waals surface area (Å²) in [5.74, 6) is -0.0116. The number of ether oxygens (including phenoxy) is 1. The molecule has 0 bridgehead atoms. The van der Waals surface area contributed by atoms with E-state index in [2.05, 4.69) is 4.74 Å². The Morgan fingerprint density at radius 1 is 1.43 bits per heavy atom. The van der Waals surface area contributed by atoms with Crippen molar-refractivity contribution >= 4 is 12.2 Å². The number of nitro groups is 1. The number of aryl methyl sites for hydroxylation is 2. The highest BCUT2D eigenvalue weighted by Gasteiger charge is 2.19. The zero-order valence-electron chi connectivity index (χ0n) is 7.81. The SMILES string of the molecule is Cc1cc(C)c([N+](=O)[O-])c(OC=O)c1. The first kappa shape index (κ1) is 10.2. The van der Waals surface area contributed by atoms with Gasteiger partial charge in [-0.15, -0.1) is 0 Å². The number of hydrogen-bond acceptors (Lipinski definition) is 4. The quantitative estimate of drug-likeness (QED) is 0.418. The van der Waals surface area contributed by atoms with Crippen LogP contribution in [0.5, 0.6) is 5.75 Å². The number of nitro benzene ring substituents is 1. The Labute approximate surface area is 80.5 Å². The molecule has 5 heteroatoms. The molecule has 1 aromatic rings. The van der Waals surface area contributed by atoms with E-state index >= 15 is 0 Å². The van der Waals surface area contributed by atoms with Crippen LogP contribution < -0.4 is 4.74 Å². The summed E-state index contributed by atoms with van der Waals surface area (Å²) in [5, 5.41) is 10.6. The van der Waals surface area contributed by atoms with Crippen molar-refractivity contribution in [2.45, 2.75) is 13.8 Å². The lowest BCUT2D eigenvalue weighted by atomic mass is 10.1. The van der Waals surface area contributed by atoms with Crippen LogP contribution in [-0.4, -0.2) is 11.4 Å². The maximum atomic E-state index is 10.6. The van der Waals surface area contributed by atoms with Gasteiger partial charge in [0.05, 0.1) is 4.92 Å². The van der Waals surface area contributed by atoms with Crippen LogP contribution in [-0.2, 0) is 4.79 Å². The lowest BCUT2D eigenvalue weighted by Crippen LogP contribution is -1.98. The fourth-order valence-corrected chi connectivity index (χ4v) is 1.30. The van der Waals surface area contributed by atoms with E-state index < -0.39 is 4.92 Å². The Balaban J connectivity index is 3.35. The second kappa shape index (κ2) is 3.87. The topological polar surface area (TPSA) is 69.4 Å². The fourth-order valence-electron chi connectivity index (χ4n) is 1.30. The summed E-state index contributed by atoms with van der Waals surface area (Å²) in [7, 11) is 0. The first-order valence-electron chi connectivity index (χ1n) is 3.92. The van der Waals surface area contributed by atoms with Crippen molar-refractivity contribution in [2.24, 2.45) is 0 Å². The maximum Gasteiger partial charge on any atom is 0.314 e. The Hall–Kier alpha value is -1.91. The van der Waals surface area contributed by atoms with Crippen molar-refractivity contribution in [3.8, 4) is 5.75 Å². The number of rotatable bonds is 3. The molecule has 0 aliphatic rings. The van der Waals surface area contributed by atoms with Crippen molar-refractivity contribution in [1.82, 2.24) is 0 Å². The van der Waals surface area contributed by atoms with Gasteiger partial charge in [-0.25, -0.2) is 0 Å². The van der Waals surface area contributed by atoms with Gasteiger partial charge in [-0.3, -0.25) is 14.9 Å². The zero-order valence-corrected chi connectivity index (χ0v) is 7.81. The van der Waals surface area contributed by atoms with Crippen LogP contribution in [0.4, 0.5) is 5.69 Å². The average Bonchev–Trinajstić information content (AvgIpc) is 2.01. The molecule has 0 amide bonds. The maximum absolute atomic E-state index is 10.6. The number of nitrogens with zero attached hydrogens (tertiary/aromatic N) is 1. The molecule has 5 nitrogen and oxygen atoms in total. The van der Waals surface area contributed by atoms with Crippen molar-refractivity contribution in [3.63, 3.8) is 0 Å². The third-order valence-electron chi connectivity index (χ3n) is 1.77. The zero-order chi connectivity index (χ0) is 10.7. The van der Waals surface area contributed by atoms with Crippen LogP contribution in [0.1, 0.15) is 11.1 Å². The van der Waals surface area contributed by atoms with Crippen molar-refractivity contribution < 1.29 is 14.5 Å². The molecule has 0 unspecified atom stereocenters. The molecule has 0 saturated heterocycles. The van der Waals surface area contributed by atoms with E-state index in [1.54, 1.807) is 19.9 Å². The molecule has 0 aromatic heterocycles. The second-order valence-corrected chi connectivity index (χ2v) is 2.90. The van der Waals surface area contributed by atoms with Gasteiger partial charge in [0.1, 0.15) is 0 Å². The summed E-state index contributed by atoms with van der Waals surface area (Å²) in [5.41, 5.74) is 1.12. The molecule has 14 heavy (non-hydrogen) atoms. The summed E-state index contributed by atoms with van der Waals surface area (Å²) in [6, 6.07) is 3.12. The molecule has 0 fully saturated rings. The largest absolute Gasteiger partial charge is 0.421 e. The van der Waals surface area contributed by atoms with Gasteiger partial charge >= 0.3 is 5.69 Å². The van der Waals surface area contributed by atoms with Crippen molar-refractivity contribution in [3.05, 3.63) is 33.4 Å². The Morgan fingerprint density at radius 3 is 2.57 bits per heavy atom. The molecule has 1 aromatic carbocycles. The second-order valence-electron chi connectivity index (χ2n) is 2.90. The fraction of sp³-hybridized carbons (Fsp3) is 0.222. The molecule has 0 aliphatic carbocycles. The molecular weight excluding hydrogens is 186 g/mol. The molecule has 74 valence electrons. The van der Waals surface area contributed by atoms with Gasteiger partial charge in [0.2, 0.25) is 5.75 Å². The molecule has 0 saturated carbocycles. The highest BCUT2D eigenvalue weighted by atomic mass is 16.6. The number of carbonyl (C=O) groups is 1. The molecular formula is C9H9NO4. The number of benzene rings is 1. The van der Waals surface area contributed by atoms with Crippen molar-refractivity contribution in [1.29, 1.82) is 0 Å². The van der Waals surface area contributed by atoms with Crippen LogP contribution in [0.3, 0.4) is 0 Å². The molecule has 0 heterocycles. The lowest BCUT2D eigenvalue weighted by molar-refractivity contribution is -0.386. The van der Waals surface area contributed by atoms with Crippen LogP contribution in [0.2, 0.25) is 0 Å². The first-order valence-corrected chi connectivity index (χ1v) is 3.92. The predicted molar refractivity (Wildman–Crippen MR) is 49.3 cm³/mol. The Kier molecular flexibility index (Phi) is 2.81.